The highest BCUT2D eigenvalue weighted by Crippen LogP contribution is 2.29. The number of thiazole rings is 1. The molecule has 2 rings (SSSR count). The van der Waals surface area contributed by atoms with E-state index in [1.807, 2.05) is 0 Å². The summed E-state index contributed by atoms with van der Waals surface area (Å²) in [6.07, 6.45) is -1.92. The molecule has 5 atom stereocenters. The SMILES string of the molecule is NC(=O)C(C(N)=NC1CC(CO)C(O)C1O)c1cscn1. The molecule has 1 saturated carbocycles. The summed E-state index contributed by atoms with van der Waals surface area (Å²) in [6, 6.07) is -0.683. The predicted molar refractivity (Wildman–Crippen MR) is 76.7 cm³/mol. The fraction of sp³-hybridized carbons (Fsp3) is 0.583. The van der Waals surface area contributed by atoms with Crippen molar-refractivity contribution < 1.29 is 20.1 Å². The topological polar surface area (TPSA) is 155 Å². The molecule has 21 heavy (non-hydrogen) atoms. The lowest BCUT2D eigenvalue weighted by Gasteiger charge is -2.16. The van der Waals surface area contributed by atoms with Crippen LogP contribution in [-0.2, 0) is 4.79 Å². The number of amidine groups is 1. The molecule has 1 fully saturated rings. The van der Waals surface area contributed by atoms with E-state index in [0.29, 0.717) is 5.69 Å². The molecule has 0 aromatic carbocycles. The van der Waals surface area contributed by atoms with Crippen molar-refractivity contribution in [2.45, 2.75) is 30.6 Å². The van der Waals surface area contributed by atoms with Gasteiger partial charge in [-0.3, -0.25) is 9.79 Å². The summed E-state index contributed by atoms with van der Waals surface area (Å²) in [4.78, 5) is 19.7. The summed E-state index contributed by atoms with van der Waals surface area (Å²) in [7, 11) is 0. The molecule has 0 saturated heterocycles. The maximum atomic E-state index is 11.6. The molecule has 1 heterocycles. The van der Waals surface area contributed by atoms with Crippen LogP contribution in [0.15, 0.2) is 15.9 Å². The number of hydrogen-bond donors (Lipinski definition) is 5. The smallest absolute Gasteiger partial charge is 0.234 e. The van der Waals surface area contributed by atoms with E-state index < -0.39 is 36.0 Å². The summed E-state index contributed by atoms with van der Waals surface area (Å²) in [6.45, 7) is -0.254. The van der Waals surface area contributed by atoms with Crippen molar-refractivity contribution in [2.75, 3.05) is 6.61 Å². The van der Waals surface area contributed by atoms with Crippen molar-refractivity contribution in [1.82, 2.24) is 4.98 Å². The molecule has 1 amide bonds. The lowest BCUT2D eigenvalue weighted by atomic mass is 10.0. The first-order chi connectivity index (χ1) is 9.95. The average molecular weight is 314 g/mol. The van der Waals surface area contributed by atoms with Crippen molar-refractivity contribution in [2.24, 2.45) is 22.4 Å². The maximum Gasteiger partial charge on any atom is 0.234 e. The molecule has 1 aliphatic carbocycles. The molecule has 1 aliphatic rings. The van der Waals surface area contributed by atoms with Gasteiger partial charge in [0.1, 0.15) is 17.9 Å². The Morgan fingerprint density at radius 2 is 2.19 bits per heavy atom. The fourth-order valence-corrected chi connectivity index (χ4v) is 3.06. The summed E-state index contributed by atoms with van der Waals surface area (Å²) in [5.74, 6) is -2.17. The van der Waals surface area contributed by atoms with Crippen LogP contribution in [0.1, 0.15) is 18.0 Å². The quantitative estimate of drug-likeness (QED) is 0.318. The van der Waals surface area contributed by atoms with Crippen LogP contribution in [-0.4, -0.2) is 56.9 Å². The number of aromatic nitrogens is 1. The van der Waals surface area contributed by atoms with Gasteiger partial charge in [-0.1, -0.05) is 0 Å². The number of amides is 1. The second kappa shape index (κ2) is 6.48. The molecule has 0 aliphatic heterocycles. The minimum absolute atomic E-state index is 0.0526. The molecule has 5 unspecified atom stereocenters. The van der Waals surface area contributed by atoms with Gasteiger partial charge in [0.25, 0.3) is 0 Å². The number of aliphatic imine (C=N–C) groups is 1. The standard InChI is InChI=1S/C12H18N4O4S/c13-11(8(12(14)20)7-3-21-4-15-7)16-6-1-5(2-17)9(18)10(6)19/h3-6,8-10,17-19H,1-2H2,(H2,13,16)(H2,14,20). The Morgan fingerprint density at radius 1 is 1.48 bits per heavy atom. The summed E-state index contributed by atoms with van der Waals surface area (Å²) in [5.41, 5.74) is 13.1. The number of hydrogen-bond acceptors (Lipinski definition) is 7. The number of carbonyl (C=O) groups is 1. The summed E-state index contributed by atoms with van der Waals surface area (Å²) < 4.78 is 0. The second-order valence-electron chi connectivity index (χ2n) is 5.03. The average Bonchev–Trinajstić information content (AvgIpc) is 3.02. The maximum absolute atomic E-state index is 11.6. The normalized spacial score (nSPS) is 31.3. The monoisotopic (exact) mass is 314 g/mol. The predicted octanol–water partition coefficient (Wildman–Crippen LogP) is -1.83. The van der Waals surface area contributed by atoms with Crippen molar-refractivity contribution in [3.8, 4) is 0 Å². The van der Waals surface area contributed by atoms with E-state index in [9.17, 15) is 15.0 Å². The third kappa shape index (κ3) is 3.21. The fourth-order valence-electron chi connectivity index (χ4n) is 2.48. The highest BCUT2D eigenvalue weighted by atomic mass is 32.1. The van der Waals surface area contributed by atoms with Gasteiger partial charge in [0, 0.05) is 17.9 Å². The minimum atomic E-state index is -1.13. The van der Waals surface area contributed by atoms with E-state index in [1.165, 1.54) is 11.3 Å². The number of carbonyl (C=O) groups excluding carboxylic acids is 1. The largest absolute Gasteiger partial charge is 0.396 e. The van der Waals surface area contributed by atoms with Crippen LogP contribution < -0.4 is 11.5 Å². The molecule has 1 aromatic heterocycles. The van der Waals surface area contributed by atoms with Crippen LogP contribution >= 0.6 is 11.3 Å². The van der Waals surface area contributed by atoms with Gasteiger partial charge in [-0.25, -0.2) is 4.98 Å². The van der Waals surface area contributed by atoms with Crippen molar-refractivity contribution in [3.63, 3.8) is 0 Å². The van der Waals surface area contributed by atoms with E-state index in [1.54, 1.807) is 10.9 Å². The third-order valence-corrected chi connectivity index (χ3v) is 4.25. The van der Waals surface area contributed by atoms with Gasteiger partial charge in [0.2, 0.25) is 5.91 Å². The Labute approximate surface area is 125 Å². The highest BCUT2D eigenvalue weighted by Gasteiger charge is 2.41. The van der Waals surface area contributed by atoms with Crippen LogP contribution in [0.3, 0.4) is 0 Å². The molecule has 116 valence electrons. The van der Waals surface area contributed by atoms with E-state index in [0.717, 1.165) is 0 Å². The van der Waals surface area contributed by atoms with Crippen molar-refractivity contribution in [1.29, 1.82) is 0 Å². The number of primary amides is 1. The first kappa shape index (κ1) is 15.8. The molecule has 0 spiro atoms. The van der Waals surface area contributed by atoms with Gasteiger partial charge in [0.15, 0.2) is 0 Å². The van der Waals surface area contributed by atoms with Crippen LogP contribution in [0.25, 0.3) is 0 Å². The molecular weight excluding hydrogens is 296 g/mol. The number of aliphatic hydroxyl groups excluding tert-OH is 3. The van der Waals surface area contributed by atoms with Crippen LogP contribution in [0.5, 0.6) is 0 Å². The number of nitrogens with zero attached hydrogens (tertiary/aromatic N) is 2. The molecule has 0 radical (unpaired) electrons. The zero-order valence-electron chi connectivity index (χ0n) is 11.2. The van der Waals surface area contributed by atoms with Gasteiger partial charge in [-0.05, 0) is 6.42 Å². The molecule has 1 aromatic rings. The molecule has 8 nitrogen and oxygen atoms in total. The van der Waals surface area contributed by atoms with Crippen LogP contribution in [0.2, 0.25) is 0 Å². The Morgan fingerprint density at radius 3 is 2.67 bits per heavy atom. The minimum Gasteiger partial charge on any atom is -0.396 e. The first-order valence-electron chi connectivity index (χ1n) is 6.43. The Kier molecular flexibility index (Phi) is 4.88. The second-order valence-corrected chi connectivity index (χ2v) is 5.75. The third-order valence-electron chi connectivity index (χ3n) is 3.65. The van der Waals surface area contributed by atoms with Crippen LogP contribution in [0.4, 0.5) is 0 Å². The zero-order chi connectivity index (χ0) is 15.6. The number of rotatable bonds is 5. The van der Waals surface area contributed by atoms with Gasteiger partial charge < -0.3 is 26.8 Å². The van der Waals surface area contributed by atoms with Gasteiger partial charge in [0.05, 0.1) is 23.4 Å². The Balaban J connectivity index is 2.21. The molecular formula is C12H18N4O4S. The molecule has 0 bridgehead atoms. The number of nitrogens with two attached hydrogens (primary N) is 2. The Bertz CT molecular complexity index is 521. The lowest BCUT2D eigenvalue weighted by molar-refractivity contribution is -0.118. The van der Waals surface area contributed by atoms with E-state index >= 15 is 0 Å². The van der Waals surface area contributed by atoms with Crippen molar-refractivity contribution in [3.05, 3.63) is 16.6 Å². The molecule has 9 heteroatoms. The molecule has 7 N–H and O–H groups in total. The number of aliphatic hydroxyl groups is 3. The lowest BCUT2D eigenvalue weighted by Crippen LogP contribution is -2.36. The Hall–Kier alpha value is -1.55. The van der Waals surface area contributed by atoms with Crippen LogP contribution in [0, 0.1) is 5.92 Å². The van der Waals surface area contributed by atoms with E-state index in [2.05, 4.69) is 9.98 Å². The van der Waals surface area contributed by atoms with Crippen molar-refractivity contribution >= 4 is 23.1 Å². The zero-order valence-corrected chi connectivity index (χ0v) is 12.0. The summed E-state index contributed by atoms with van der Waals surface area (Å²) in [5, 5.41) is 30.4. The van der Waals surface area contributed by atoms with E-state index in [-0.39, 0.29) is 18.9 Å². The summed E-state index contributed by atoms with van der Waals surface area (Å²) >= 11 is 1.30. The first-order valence-corrected chi connectivity index (χ1v) is 7.37. The van der Waals surface area contributed by atoms with Gasteiger partial charge >= 0.3 is 0 Å². The highest BCUT2D eigenvalue weighted by molar-refractivity contribution is 7.07. The van der Waals surface area contributed by atoms with Gasteiger partial charge in [-0.15, -0.1) is 11.3 Å². The van der Waals surface area contributed by atoms with E-state index in [4.69, 9.17) is 16.6 Å². The van der Waals surface area contributed by atoms with Gasteiger partial charge in [-0.2, -0.15) is 0 Å².